The molecule has 0 spiro atoms. The van der Waals surface area contributed by atoms with Crippen LogP contribution in [-0.2, 0) is 6.54 Å². The van der Waals surface area contributed by atoms with E-state index in [1.165, 1.54) is 16.2 Å². The number of halogens is 4. The summed E-state index contributed by atoms with van der Waals surface area (Å²) in [6.07, 6.45) is -4.13. The molecule has 1 aromatic rings. The molecule has 1 N–H and O–H groups in total. The second kappa shape index (κ2) is 7.33. The molecule has 0 fully saturated rings. The van der Waals surface area contributed by atoms with Gasteiger partial charge in [-0.2, -0.15) is 13.2 Å². The number of likely N-dealkylation sites (N-methyl/N-ethyl adjacent to an activating group) is 1. The van der Waals surface area contributed by atoms with Crippen molar-refractivity contribution in [3.63, 3.8) is 0 Å². The molecule has 0 bridgehead atoms. The normalized spacial score (nSPS) is 12.3. The third kappa shape index (κ3) is 6.58. The van der Waals surface area contributed by atoms with Gasteiger partial charge in [-0.15, -0.1) is 11.3 Å². The predicted octanol–water partition coefficient (Wildman–Crippen LogP) is 3.38. The summed E-state index contributed by atoms with van der Waals surface area (Å²) in [6.45, 7) is 2.82. The summed E-state index contributed by atoms with van der Waals surface area (Å²) < 4.78 is 37.3. The summed E-state index contributed by atoms with van der Waals surface area (Å²) in [6, 6.07) is 3.72. The molecule has 1 rings (SSSR count). The van der Waals surface area contributed by atoms with Gasteiger partial charge in [0.25, 0.3) is 0 Å². The van der Waals surface area contributed by atoms with Crippen molar-refractivity contribution in [1.29, 1.82) is 0 Å². The minimum atomic E-state index is -4.13. The molecule has 0 aliphatic carbocycles. The number of alkyl halides is 3. The largest absolute Gasteiger partial charge is 0.401 e. The zero-order chi connectivity index (χ0) is 13.6. The highest BCUT2D eigenvalue weighted by atomic mass is 35.5. The Kier molecular flexibility index (Phi) is 6.42. The minimum absolute atomic E-state index is 0.384. The monoisotopic (exact) mass is 300 g/mol. The van der Waals surface area contributed by atoms with Crippen molar-refractivity contribution >= 4 is 22.9 Å². The van der Waals surface area contributed by atoms with Crippen LogP contribution >= 0.6 is 22.9 Å². The second-order valence-corrected chi connectivity index (χ2v) is 5.67. The van der Waals surface area contributed by atoms with Crippen LogP contribution in [0.3, 0.4) is 0 Å². The molecule has 0 aliphatic heterocycles. The quantitative estimate of drug-likeness (QED) is 0.777. The first-order chi connectivity index (χ1) is 8.40. The Hall–Kier alpha value is -0.300. The fourth-order valence-corrected chi connectivity index (χ4v) is 2.56. The van der Waals surface area contributed by atoms with E-state index in [-0.39, 0.29) is 0 Å². The number of hydrogen-bond donors (Lipinski definition) is 1. The Morgan fingerprint density at radius 2 is 2.11 bits per heavy atom. The summed E-state index contributed by atoms with van der Waals surface area (Å²) >= 11 is 7.25. The highest BCUT2D eigenvalue weighted by molar-refractivity contribution is 7.16. The van der Waals surface area contributed by atoms with Crippen molar-refractivity contribution in [2.24, 2.45) is 0 Å². The number of nitrogens with zero attached hydrogens (tertiary/aromatic N) is 1. The van der Waals surface area contributed by atoms with Crippen LogP contribution in [0.2, 0.25) is 4.34 Å². The molecule has 0 atom stereocenters. The first-order valence-electron chi connectivity index (χ1n) is 5.64. The van der Waals surface area contributed by atoms with E-state index in [2.05, 4.69) is 5.32 Å². The standard InChI is InChI=1S/C11H16ClF3N2S/c1-2-17(8-11(13,14)15)6-5-16-7-9-3-4-10(12)18-9/h3-4,16H,2,5-8H2,1H3. The topological polar surface area (TPSA) is 15.3 Å². The fourth-order valence-electron chi connectivity index (χ4n) is 1.50. The number of nitrogens with one attached hydrogen (secondary N) is 1. The summed E-state index contributed by atoms with van der Waals surface area (Å²) in [7, 11) is 0. The van der Waals surface area contributed by atoms with Gasteiger partial charge >= 0.3 is 6.18 Å². The molecule has 0 radical (unpaired) electrons. The zero-order valence-corrected chi connectivity index (χ0v) is 11.6. The molecule has 0 saturated carbocycles. The molecule has 0 unspecified atom stereocenters. The lowest BCUT2D eigenvalue weighted by Gasteiger charge is -2.21. The summed E-state index contributed by atoms with van der Waals surface area (Å²) in [5.41, 5.74) is 0. The van der Waals surface area contributed by atoms with Crippen molar-refractivity contribution in [2.45, 2.75) is 19.6 Å². The van der Waals surface area contributed by atoms with E-state index in [1.54, 1.807) is 6.92 Å². The molecule has 0 amide bonds. The van der Waals surface area contributed by atoms with Crippen LogP contribution in [0.4, 0.5) is 13.2 Å². The maximum absolute atomic E-state index is 12.2. The van der Waals surface area contributed by atoms with Crippen LogP contribution in [0.5, 0.6) is 0 Å². The van der Waals surface area contributed by atoms with Crippen molar-refractivity contribution in [2.75, 3.05) is 26.2 Å². The third-order valence-corrected chi connectivity index (χ3v) is 3.61. The molecule has 0 aliphatic rings. The Balaban J connectivity index is 2.19. The van der Waals surface area contributed by atoms with Crippen LogP contribution in [0, 0.1) is 0 Å². The molecule has 0 aromatic carbocycles. The van der Waals surface area contributed by atoms with Gasteiger partial charge in [0.05, 0.1) is 10.9 Å². The summed E-state index contributed by atoms with van der Waals surface area (Å²) in [5.74, 6) is 0. The lowest BCUT2D eigenvalue weighted by atomic mass is 10.4. The summed E-state index contributed by atoms with van der Waals surface area (Å²) in [4.78, 5) is 2.45. The van der Waals surface area contributed by atoms with Crippen LogP contribution in [0.25, 0.3) is 0 Å². The van der Waals surface area contributed by atoms with Gasteiger partial charge in [0.2, 0.25) is 0 Å². The number of rotatable bonds is 7. The van der Waals surface area contributed by atoms with Gasteiger partial charge < -0.3 is 5.32 Å². The van der Waals surface area contributed by atoms with E-state index in [1.807, 2.05) is 12.1 Å². The van der Waals surface area contributed by atoms with E-state index < -0.39 is 12.7 Å². The Labute approximate surface area is 114 Å². The molecule has 104 valence electrons. The Morgan fingerprint density at radius 3 is 2.61 bits per heavy atom. The third-order valence-electron chi connectivity index (χ3n) is 2.38. The van der Waals surface area contributed by atoms with Crippen LogP contribution in [0.15, 0.2) is 12.1 Å². The van der Waals surface area contributed by atoms with E-state index in [0.29, 0.717) is 26.2 Å². The highest BCUT2D eigenvalue weighted by Gasteiger charge is 2.29. The van der Waals surface area contributed by atoms with Gasteiger partial charge in [-0.25, -0.2) is 0 Å². The molecular formula is C11H16ClF3N2S. The molecule has 0 saturated heterocycles. The Morgan fingerprint density at radius 1 is 1.39 bits per heavy atom. The van der Waals surface area contributed by atoms with Crippen LogP contribution < -0.4 is 5.32 Å². The summed E-state index contributed by atoms with van der Waals surface area (Å²) in [5, 5.41) is 3.11. The number of hydrogen-bond acceptors (Lipinski definition) is 3. The molecule has 7 heteroatoms. The second-order valence-electron chi connectivity index (χ2n) is 3.87. The lowest BCUT2D eigenvalue weighted by Crippen LogP contribution is -2.38. The van der Waals surface area contributed by atoms with Crippen LogP contribution in [0.1, 0.15) is 11.8 Å². The minimum Gasteiger partial charge on any atom is -0.311 e. The number of thiophene rings is 1. The van der Waals surface area contributed by atoms with Gasteiger partial charge in [0.1, 0.15) is 0 Å². The van der Waals surface area contributed by atoms with E-state index in [0.717, 1.165) is 9.21 Å². The Bertz CT molecular complexity index is 354. The fraction of sp³-hybridized carbons (Fsp3) is 0.636. The van der Waals surface area contributed by atoms with Gasteiger partial charge in [0.15, 0.2) is 0 Å². The van der Waals surface area contributed by atoms with E-state index >= 15 is 0 Å². The van der Waals surface area contributed by atoms with Gasteiger partial charge in [-0.1, -0.05) is 18.5 Å². The van der Waals surface area contributed by atoms with Gasteiger partial charge in [-0.05, 0) is 18.7 Å². The smallest absolute Gasteiger partial charge is 0.311 e. The first-order valence-corrected chi connectivity index (χ1v) is 6.84. The van der Waals surface area contributed by atoms with Gasteiger partial charge in [-0.3, -0.25) is 4.90 Å². The molecule has 18 heavy (non-hydrogen) atoms. The molecule has 2 nitrogen and oxygen atoms in total. The van der Waals surface area contributed by atoms with Gasteiger partial charge in [0, 0.05) is 24.5 Å². The highest BCUT2D eigenvalue weighted by Crippen LogP contribution is 2.21. The van der Waals surface area contributed by atoms with Crippen molar-refractivity contribution in [3.05, 3.63) is 21.3 Å². The van der Waals surface area contributed by atoms with Crippen LogP contribution in [-0.4, -0.2) is 37.3 Å². The lowest BCUT2D eigenvalue weighted by molar-refractivity contribution is -0.145. The molecular weight excluding hydrogens is 285 g/mol. The molecule has 1 aromatic heterocycles. The molecule has 1 heterocycles. The maximum atomic E-state index is 12.2. The average molecular weight is 301 g/mol. The first kappa shape index (κ1) is 15.8. The predicted molar refractivity (Wildman–Crippen MR) is 69.2 cm³/mol. The zero-order valence-electron chi connectivity index (χ0n) is 10.1. The average Bonchev–Trinajstić information content (AvgIpc) is 2.67. The van der Waals surface area contributed by atoms with Crippen molar-refractivity contribution in [3.8, 4) is 0 Å². The van der Waals surface area contributed by atoms with Crippen molar-refractivity contribution in [1.82, 2.24) is 10.2 Å². The SMILES string of the molecule is CCN(CCNCc1ccc(Cl)s1)CC(F)(F)F. The van der Waals surface area contributed by atoms with E-state index in [9.17, 15) is 13.2 Å². The maximum Gasteiger partial charge on any atom is 0.401 e. The van der Waals surface area contributed by atoms with Crippen molar-refractivity contribution < 1.29 is 13.2 Å². The van der Waals surface area contributed by atoms with E-state index in [4.69, 9.17) is 11.6 Å².